The van der Waals surface area contributed by atoms with E-state index in [0.717, 1.165) is 15.7 Å². The summed E-state index contributed by atoms with van der Waals surface area (Å²) >= 11 is 3.39. The summed E-state index contributed by atoms with van der Waals surface area (Å²) in [5.74, 6) is 0.868. The summed E-state index contributed by atoms with van der Waals surface area (Å²) < 4.78 is 17.8. The number of hydrogen-bond acceptors (Lipinski definition) is 5. The van der Waals surface area contributed by atoms with Crippen LogP contribution in [0.25, 0.3) is 0 Å². The van der Waals surface area contributed by atoms with Crippen molar-refractivity contribution < 1.29 is 23.8 Å². The lowest BCUT2D eigenvalue weighted by Gasteiger charge is -2.17. The first kappa shape index (κ1) is 24.5. The number of amides is 2. The molecule has 2 N–H and O–H groups in total. The molecule has 0 aliphatic carbocycles. The summed E-state index contributed by atoms with van der Waals surface area (Å²) in [5, 5.41) is 5.63. The SMILES string of the molecule is CCOc1cc(C(=O)NCCC(=O)Nc2cc(Br)ccc2C)cc(OCC)c1OCC. The third kappa shape index (κ3) is 7.17. The maximum absolute atomic E-state index is 12.7. The van der Waals surface area contributed by atoms with Crippen LogP contribution >= 0.6 is 15.9 Å². The average molecular weight is 493 g/mol. The minimum atomic E-state index is -0.323. The lowest BCUT2D eigenvalue weighted by molar-refractivity contribution is -0.116. The zero-order valence-electron chi connectivity index (χ0n) is 18.3. The number of benzene rings is 2. The van der Waals surface area contributed by atoms with E-state index in [9.17, 15) is 9.59 Å². The van der Waals surface area contributed by atoms with Crippen molar-refractivity contribution in [1.29, 1.82) is 0 Å². The zero-order valence-corrected chi connectivity index (χ0v) is 19.9. The Morgan fingerprint density at radius 3 is 2.13 bits per heavy atom. The van der Waals surface area contributed by atoms with Gasteiger partial charge in [-0.25, -0.2) is 0 Å². The van der Waals surface area contributed by atoms with Crippen molar-refractivity contribution >= 4 is 33.4 Å². The minimum Gasteiger partial charge on any atom is -0.490 e. The maximum Gasteiger partial charge on any atom is 0.251 e. The molecule has 0 saturated heterocycles. The standard InChI is InChI=1S/C23H29BrN2O5/c1-5-29-19-12-16(13-20(30-6-2)22(19)31-7-3)23(28)25-11-10-21(27)26-18-14-17(24)9-8-15(18)4/h8-9,12-14H,5-7,10-11H2,1-4H3,(H,25,28)(H,26,27). The van der Waals surface area contributed by atoms with Gasteiger partial charge in [0.1, 0.15) is 0 Å². The maximum atomic E-state index is 12.7. The molecule has 31 heavy (non-hydrogen) atoms. The van der Waals surface area contributed by atoms with Gasteiger partial charge in [-0.2, -0.15) is 0 Å². The van der Waals surface area contributed by atoms with Gasteiger partial charge in [-0.05, 0) is 57.5 Å². The number of anilines is 1. The summed E-state index contributed by atoms with van der Waals surface area (Å²) in [6.45, 7) is 8.98. The van der Waals surface area contributed by atoms with Crippen LogP contribution in [0.1, 0.15) is 43.1 Å². The molecule has 168 valence electrons. The first-order chi connectivity index (χ1) is 14.9. The van der Waals surface area contributed by atoms with E-state index >= 15 is 0 Å². The highest BCUT2D eigenvalue weighted by Gasteiger charge is 2.18. The van der Waals surface area contributed by atoms with Crippen molar-refractivity contribution in [3.63, 3.8) is 0 Å². The van der Waals surface area contributed by atoms with Crippen LogP contribution in [0, 0.1) is 6.92 Å². The lowest BCUT2D eigenvalue weighted by atomic mass is 10.1. The largest absolute Gasteiger partial charge is 0.490 e. The molecule has 0 aliphatic rings. The summed E-state index contributed by atoms with van der Waals surface area (Å²) in [7, 11) is 0. The van der Waals surface area contributed by atoms with Gasteiger partial charge in [-0.3, -0.25) is 9.59 Å². The van der Waals surface area contributed by atoms with Crippen molar-refractivity contribution in [2.24, 2.45) is 0 Å². The molecule has 0 radical (unpaired) electrons. The summed E-state index contributed by atoms with van der Waals surface area (Å²) in [5.41, 5.74) is 2.07. The van der Waals surface area contributed by atoms with Crippen LogP contribution in [0.5, 0.6) is 17.2 Å². The highest BCUT2D eigenvalue weighted by molar-refractivity contribution is 9.10. The fourth-order valence-electron chi connectivity index (χ4n) is 2.85. The van der Waals surface area contributed by atoms with Crippen molar-refractivity contribution in [2.45, 2.75) is 34.1 Å². The second kappa shape index (κ2) is 12.2. The lowest BCUT2D eigenvalue weighted by Crippen LogP contribution is -2.28. The Balaban J connectivity index is 2.03. The molecule has 0 aromatic heterocycles. The summed E-state index contributed by atoms with van der Waals surface area (Å²) in [6.07, 6.45) is 0.144. The van der Waals surface area contributed by atoms with Crippen LogP contribution in [0.4, 0.5) is 5.69 Å². The van der Waals surface area contributed by atoms with Crippen molar-refractivity contribution in [2.75, 3.05) is 31.7 Å². The van der Waals surface area contributed by atoms with E-state index in [4.69, 9.17) is 14.2 Å². The molecular formula is C23H29BrN2O5. The van der Waals surface area contributed by atoms with E-state index in [1.165, 1.54) is 0 Å². The molecule has 0 bridgehead atoms. The molecule has 7 nitrogen and oxygen atoms in total. The first-order valence-electron chi connectivity index (χ1n) is 10.3. The predicted molar refractivity (Wildman–Crippen MR) is 124 cm³/mol. The number of ether oxygens (including phenoxy) is 3. The van der Waals surface area contributed by atoms with Crippen LogP contribution < -0.4 is 24.8 Å². The molecule has 0 unspecified atom stereocenters. The van der Waals surface area contributed by atoms with E-state index in [0.29, 0.717) is 42.6 Å². The van der Waals surface area contributed by atoms with Crippen LogP contribution in [0.15, 0.2) is 34.8 Å². The molecule has 0 heterocycles. The molecule has 2 amide bonds. The fourth-order valence-corrected chi connectivity index (χ4v) is 3.21. The molecule has 0 aliphatic heterocycles. The second-order valence-corrected chi connectivity index (χ2v) is 7.53. The second-order valence-electron chi connectivity index (χ2n) is 6.61. The van der Waals surface area contributed by atoms with Gasteiger partial charge in [-0.15, -0.1) is 0 Å². The quantitative estimate of drug-likeness (QED) is 0.474. The highest BCUT2D eigenvalue weighted by atomic mass is 79.9. The number of nitrogens with one attached hydrogen (secondary N) is 2. The Labute approximate surface area is 191 Å². The van der Waals surface area contributed by atoms with Crippen LogP contribution in [0.2, 0.25) is 0 Å². The zero-order chi connectivity index (χ0) is 22.8. The molecule has 2 rings (SSSR count). The number of rotatable bonds is 11. The number of hydrogen-bond donors (Lipinski definition) is 2. The summed E-state index contributed by atoms with van der Waals surface area (Å²) in [4.78, 5) is 24.9. The molecular weight excluding hydrogens is 464 g/mol. The van der Waals surface area contributed by atoms with E-state index in [1.54, 1.807) is 12.1 Å². The first-order valence-corrected chi connectivity index (χ1v) is 11.1. The Hall–Kier alpha value is -2.74. The van der Waals surface area contributed by atoms with Gasteiger partial charge >= 0.3 is 0 Å². The molecule has 0 saturated carbocycles. The van der Waals surface area contributed by atoms with E-state index < -0.39 is 0 Å². The molecule has 8 heteroatoms. The van der Waals surface area contributed by atoms with Gasteiger partial charge in [0.25, 0.3) is 5.91 Å². The number of halogens is 1. The molecule has 2 aromatic rings. The van der Waals surface area contributed by atoms with E-state index in [1.807, 2.05) is 45.9 Å². The fraction of sp³-hybridized carbons (Fsp3) is 0.391. The van der Waals surface area contributed by atoms with Gasteiger partial charge in [0, 0.05) is 28.7 Å². The van der Waals surface area contributed by atoms with Crippen LogP contribution in [-0.2, 0) is 4.79 Å². The molecule has 0 spiro atoms. The Bertz CT molecular complexity index is 890. The smallest absolute Gasteiger partial charge is 0.251 e. The third-order valence-electron chi connectivity index (χ3n) is 4.28. The van der Waals surface area contributed by atoms with Gasteiger partial charge in [0.2, 0.25) is 11.7 Å². The van der Waals surface area contributed by atoms with Gasteiger partial charge in [0.05, 0.1) is 19.8 Å². The van der Waals surface area contributed by atoms with Crippen molar-refractivity contribution in [3.8, 4) is 17.2 Å². The van der Waals surface area contributed by atoms with E-state index in [2.05, 4.69) is 26.6 Å². The highest BCUT2D eigenvalue weighted by Crippen LogP contribution is 2.39. The topological polar surface area (TPSA) is 85.9 Å². The van der Waals surface area contributed by atoms with Crippen LogP contribution in [-0.4, -0.2) is 38.2 Å². The van der Waals surface area contributed by atoms with Gasteiger partial charge < -0.3 is 24.8 Å². The normalized spacial score (nSPS) is 10.4. The Morgan fingerprint density at radius 2 is 1.55 bits per heavy atom. The van der Waals surface area contributed by atoms with Crippen molar-refractivity contribution in [1.82, 2.24) is 5.32 Å². The Kier molecular flexibility index (Phi) is 9.65. The third-order valence-corrected chi connectivity index (χ3v) is 4.78. The Morgan fingerprint density at radius 1 is 0.935 bits per heavy atom. The molecule has 0 atom stereocenters. The molecule has 2 aromatic carbocycles. The van der Waals surface area contributed by atoms with Crippen molar-refractivity contribution in [3.05, 3.63) is 45.9 Å². The van der Waals surface area contributed by atoms with Gasteiger partial charge in [-0.1, -0.05) is 22.0 Å². The number of carbonyl (C=O) groups is 2. The van der Waals surface area contributed by atoms with E-state index in [-0.39, 0.29) is 24.8 Å². The summed E-state index contributed by atoms with van der Waals surface area (Å²) in [6, 6.07) is 8.92. The monoisotopic (exact) mass is 492 g/mol. The molecule has 0 fully saturated rings. The average Bonchev–Trinajstić information content (AvgIpc) is 2.73. The van der Waals surface area contributed by atoms with Crippen LogP contribution in [0.3, 0.4) is 0 Å². The number of aryl methyl sites for hydroxylation is 1. The predicted octanol–water partition coefficient (Wildman–Crippen LogP) is 4.71. The van der Waals surface area contributed by atoms with Gasteiger partial charge in [0.15, 0.2) is 11.5 Å². The minimum absolute atomic E-state index is 0.144. The number of carbonyl (C=O) groups excluding carboxylic acids is 2.